The van der Waals surface area contributed by atoms with Gasteiger partial charge in [-0.05, 0) is 17.8 Å². The molecule has 0 saturated carbocycles. The number of halogens is 1. The van der Waals surface area contributed by atoms with Crippen LogP contribution >= 0.6 is 15.9 Å². The van der Waals surface area contributed by atoms with E-state index < -0.39 is 0 Å². The topological polar surface area (TPSA) is 17.1 Å². The normalized spacial score (nSPS) is 11.5. The van der Waals surface area contributed by atoms with Gasteiger partial charge in [-0.1, -0.05) is 22.0 Å². The van der Waals surface area contributed by atoms with Gasteiger partial charge in [0.2, 0.25) is 0 Å². The summed E-state index contributed by atoms with van der Waals surface area (Å²) in [6.07, 6.45) is 4.38. The maximum absolute atomic E-state index is 9.74. The maximum atomic E-state index is 9.74. The molecule has 0 amide bonds. The molecule has 0 aromatic heterocycles. The Balaban J connectivity index is 3.15. The van der Waals surface area contributed by atoms with Gasteiger partial charge in [-0.15, -0.1) is 0 Å². The third kappa shape index (κ3) is 5.89. The largest absolute Gasteiger partial charge is 0.303 e. The van der Waals surface area contributed by atoms with E-state index in [4.69, 9.17) is 0 Å². The van der Waals surface area contributed by atoms with Crippen LogP contribution in [0.1, 0.15) is 19.8 Å². The summed E-state index contributed by atoms with van der Waals surface area (Å²) >= 11 is 3.25. The average molecular weight is 177 g/mol. The first-order valence-corrected chi connectivity index (χ1v) is 3.32. The summed E-state index contributed by atoms with van der Waals surface area (Å²) in [7, 11) is 0. The summed E-state index contributed by atoms with van der Waals surface area (Å²) in [6, 6.07) is 0. The SMILES string of the molecule is CC(Br)=CCCC=O. The van der Waals surface area contributed by atoms with Crippen molar-refractivity contribution in [1.29, 1.82) is 0 Å². The number of allylic oxidation sites excluding steroid dienone is 2. The minimum atomic E-state index is 0.628. The van der Waals surface area contributed by atoms with E-state index in [0.717, 1.165) is 17.2 Å². The van der Waals surface area contributed by atoms with E-state index in [9.17, 15) is 4.79 Å². The highest BCUT2D eigenvalue weighted by atomic mass is 79.9. The highest BCUT2D eigenvalue weighted by Gasteiger charge is 1.79. The van der Waals surface area contributed by atoms with E-state index in [1.165, 1.54) is 0 Å². The van der Waals surface area contributed by atoms with Crippen molar-refractivity contribution in [3.63, 3.8) is 0 Å². The van der Waals surface area contributed by atoms with E-state index in [1.54, 1.807) is 0 Å². The standard InChI is InChI=1S/C6H9BrO/c1-6(7)4-2-3-5-8/h4-5H,2-3H2,1H3. The van der Waals surface area contributed by atoms with Crippen LogP contribution in [0.4, 0.5) is 0 Å². The maximum Gasteiger partial charge on any atom is 0.120 e. The molecule has 0 aliphatic heterocycles. The number of carbonyl (C=O) groups is 1. The van der Waals surface area contributed by atoms with Gasteiger partial charge in [-0.2, -0.15) is 0 Å². The molecule has 0 aliphatic carbocycles. The van der Waals surface area contributed by atoms with Gasteiger partial charge in [0, 0.05) is 6.42 Å². The number of hydrogen-bond acceptors (Lipinski definition) is 1. The van der Waals surface area contributed by atoms with Crippen molar-refractivity contribution in [3.05, 3.63) is 10.6 Å². The fourth-order valence-electron chi connectivity index (χ4n) is 0.350. The van der Waals surface area contributed by atoms with Crippen LogP contribution in [0.15, 0.2) is 10.6 Å². The fourth-order valence-corrected chi connectivity index (χ4v) is 0.579. The molecule has 0 atom stereocenters. The van der Waals surface area contributed by atoms with Crippen LogP contribution in [0.3, 0.4) is 0 Å². The molecule has 0 bridgehead atoms. The second-order valence-corrected chi connectivity index (χ2v) is 2.79. The second kappa shape index (κ2) is 5.04. The molecule has 0 rings (SSSR count). The smallest absolute Gasteiger partial charge is 0.120 e. The molecule has 0 aromatic rings. The summed E-state index contributed by atoms with van der Waals surface area (Å²) in [6.45, 7) is 1.95. The molecule has 0 aliphatic rings. The number of rotatable bonds is 3. The van der Waals surface area contributed by atoms with Crippen molar-refractivity contribution < 1.29 is 4.79 Å². The van der Waals surface area contributed by atoms with E-state index in [1.807, 2.05) is 13.0 Å². The van der Waals surface area contributed by atoms with Gasteiger partial charge in [-0.3, -0.25) is 0 Å². The lowest BCUT2D eigenvalue weighted by Crippen LogP contribution is -1.70. The molecule has 0 saturated heterocycles. The molecule has 2 heteroatoms. The van der Waals surface area contributed by atoms with Crippen molar-refractivity contribution in [1.82, 2.24) is 0 Å². The van der Waals surface area contributed by atoms with Crippen molar-refractivity contribution in [3.8, 4) is 0 Å². The molecule has 0 radical (unpaired) electrons. The van der Waals surface area contributed by atoms with Crippen LogP contribution in [-0.2, 0) is 4.79 Å². The minimum absolute atomic E-state index is 0.628. The monoisotopic (exact) mass is 176 g/mol. The molecule has 0 aromatic carbocycles. The summed E-state index contributed by atoms with van der Waals surface area (Å²) < 4.78 is 1.10. The van der Waals surface area contributed by atoms with Crippen molar-refractivity contribution in [2.45, 2.75) is 19.8 Å². The van der Waals surface area contributed by atoms with Gasteiger partial charge in [-0.25, -0.2) is 0 Å². The molecule has 46 valence electrons. The van der Waals surface area contributed by atoms with E-state index in [-0.39, 0.29) is 0 Å². The predicted molar refractivity (Wildman–Crippen MR) is 38.0 cm³/mol. The van der Waals surface area contributed by atoms with Crippen LogP contribution in [-0.4, -0.2) is 6.29 Å². The molecule has 1 nitrogen and oxygen atoms in total. The second-order valence-electron chi connectivity index (χ2n) is 1.53. The molecule has 0 N–H and O–H groups in total. The Labute approximate surface area is 57.9 Å². The highest BCUT2D eigenvalue weighted by Crippen LogP contribution is 2.03. The van der Waals surface area contributed by atoms with Gasteiger partial charge >= 0.3 is 0 Å². The Morgan fingerprint density at radius 1 is 1.62 bits per heavy atom. The van der Waals surface area contributed by atoms with E-state index in [2.05, 4.69) is 15.9 Å². The van der Waals surface area contributed by atoms with Crippen LogP contribution in [0.5, 0.6) is 0 Å². The van der Waals surface area contributed by atoms with Crippen LogP contribution in [0, 0.1) is 0 Å². The lowest BCUT2D eigenvalue weighted by molar-refractivity contribution is -0.107. The van der Waals surface area contributed by atoms with Gasteiger partial charge in [0.1, 0.15) is 6.29 Å². The Hall–Kier alpha value is -0.110. The van der Waals surface area contributed by atoms with Gasteiger partial charge in [0.15, 0.2) is 0 Å². The molecular weight excluding hydrogens is 168 g/mol. The lowest BCUT2D eigenvalue weighted by atomic mass is 10.3. The van der Waals surface area contributed by atoms with Crippen LogP contribution < -0.4 is 0 Å². The zero-order chi connectivity index (χ0) is 6.41. The summed E-state index contributed by atoms with van der Waals surface area (Å²) in [4.78, 5) is 9.74. The highest BCUT2D eigenvalue weighted by molar-refractivity contribution is 9.11. The average Bonchev–Trinajstić information content (AvgIpc) is 1.66. The summed E-state index contributed by atoms with van der Waals surface area (Å²) in [5.41, 5.74) is 0. The van der Waals surface area contributed by atoms with Crippen molar-refractivity contribution in [2.24, 2.45) is 0 Å². The Morgan fingerprint density at radius 2 is 2.25 bits per heavy atom. The third-order valence-corrected chi connectivity index (χ3v) is 1.03. The quantitative estimate of drug-likeness (QED) is 0.477. The predicted octanol–water partition coefficient (Wildman–Crippen LogP) is 2.26. The Morgan fingerprint density at radius 3 is 2.62 bits per heavy atom. The van der Waals surface area contributed by atoms with E-state index >= 15 is 0 Å². The molecule has 0 fully saturated rings. The van der Waals surface area contributed by atoms with Gasteiger partial charge in [0.25, 0.3) is 0 Å². The molecular formula is C6H9BrO. The van der Waals surface area contributed by atoms with Crippen molar-refractivity contribution >= 4 is 22.2 Å². The molecule has 0 heterocycles. The lowest BCUT2D eigenvalue weighted by Gasteiger charge is -1.82. The van der Waals surface area contributed by atoms with Gasteiger partial charge < -0.3 is 4.79 Å². The first-order valence-electron chi connectivity index (χ1n) is 2.53. The number of aldehydes is 1. The third-order valence-electron chi connectivity index (χ3n) is 0.710. The summed E-state index contributed by atoms with van der Waals surface area (Å²) in [5, 5.41) is 0. The summed E-state index contributed by atoms with van der Waals surface area (Å²) in [5.74, 6) is 0. The molecule has 0 spiro atoms. The number of carbonyl (C=O) groups excluding carboxylic acids is 1. The number of hydrogen-bond donors (Lipinski definition) is 0. The van der Waals surface area contributed by atoms with Crippen LogP contribution in [0.25, 0.3) is 0 Å². The Kier molecular flexibility index (Phi) is 4.97. The number of unbranched alkanes of at least 4 members (excludes halogenated alkanes) is 1. The Bertz CT molecular complexity index is 92.7. The first-order chi connectivity index (χ1) is 3.77. The van der Waals surface area contributed by atoms with Crippen molar-refractivity contribution in [2.75, 3.05) is 0 Å². The minimum Gasteiger partial charge on any atom is -0.303 e. The van der Waals surface area contributed by atoms with E-state index in [0.29, 0.717) is 6.42 Å². The zero-order valence-electron chi connectivity index (χ0n) is 4.86. The fraction of sp³-hybridized carbons (Fsp3) is 0.500. The molecule has 8 heavy (non-hydrogen) atoms. The van der Waals surface area contributed by atoms with Crippen LogP contribution in [0.2, 0.25) is 0 Å². The molecule has 0 unspecified atom stereocenters. The first kappa shape index (κ1) is 7.89. The van der Waals surface area contributed by atoms with Gasteiger partial charge in [0.05, 0.1) is 0 Å². The zero-order valence-corrected chi connectivity index (χ0v) is 6.44.